The standard InChI is InChI=1S/C13H18BrFN2O3S/c14-8-6-13(10(16)7-9(8)15)21(19,20)17-11-4-2-1-3-5-12(11)18/h6-7,11-12,17-18H,1-5,16H2. The molecule has 5 nitrogen and oxygen atoms in total. The fourth-order valence-corrected chi connectivity index (χ4v) is 4.40. The van der Waals surface area contributed by atoms with E-state index in [9.17, 15) is 17.9 Å². The minimum atomic E-state index is -3.91. The number of nitrogen functional groups attached to an aromatic ring is 1. The van der Waals surface area contributed by atoms with E-state index in [1.807, 2.05) is 0 Å². The number of hydrogen-bond donors (Lipinski definition) is 3. The lowest BCUT2D eigenvalue weighted by Gasteiger charge is -2.22. The van der Waals surface area contributed by atoms with Crippen LogP contribution in [-0.2, 0) is 10.0 Å². The zero-order chi connectivity index (χ0) is 15.6. The van der Waals surface area contributed by atoms with E-state index < -0.39 is 28.0 Å². The minimum Gasteiger partial charge on any atom is -0.398 e. The highest BCUT2D eigenvalue weighted by Crippen LogP contribution is 2.27. The number of sulfonamides is 1. The van der Waals surface area contributed by atoms with Crippen LogP contribution in [0.5, 0.6) is 0 Å². The molecule has 1 aliphatic rings. The zero-order valence-corrected chi connectivity index (χ0v) is 13.8. The number of aliphatic hydroxyl groups excluding tert-OH is 1. The number of aliphatic hydroxyl groups is 1. The van der Waals surface area contributed by atoms with Gasteiger partial charge in [-0.25, -0.2) is 17.5 Å². The van der Waals surface area contributed by atoms with Crippen molar-refractivity contribution in [3.05, 3.63) is 22.4 Å². The number of nitrogens with one attached hydrogen (secondary N) is 1. The molecule has 21 heavy (non-hydrogen) atoms. The first-order valence-corrected chi connectivity index (χ1v) is 9.04. The average molecular weight is 381 g/mol. The second-order valence-corrected chi connectivity index (χ2v) is 7.77. The van der Waals surface area contributed by atoms with Crippen molar-refractivity contribution < 1.29 is 17.9 Å². The maximum atomic E-state index is 13.3. The molecule has 0 spiro atoms. The van der Waals surface area contributed by atoms with Gasteiger partial charge in [-0.1, -0.05) is 19.3 Å². The maximum Gasteiger partial charge on any atom is 0.242 e. The van der Waals surface area contributed by atoms with E-state index in [1.54, 1.807) is 0 Å². The van der Waals surface area contributed by atoms with Gasteiger partial charge in [0.15, 0.2) is 0 Å². The Morgan fingerprint density at radius 3 is 2.67 bits per heavy atom. The monoisotopic (exact) mass is 380 g/mol. The molecule has 1 aromatic carbocycles. The lowest BCUT2D eigenvalue weighted by atomic mass is 10.1. The molecule has 8 heteroatoms. The molecule has 0 saturated heterocycles. The van der Waals surface area contributed by atoms with Crippen molar-refractivity contribution in [2.24, 2.45) is 0 Å². The molecule has 1 saturated carbocycles. The first-order valence-electron chi connectivity index (χ1n) is 6.76. The molecule has 2 atom stereocenters. The fraction of sp³-hybridized carbons (Fsp3) is 0.538. The van der Waals surface area contributed by atoms with E-state index in [0.29, 0.717) is 12.8 Å². The third-order valence-electron chi connectivity index (χ3n) is 3.63. The summed E-state index contributed by atoms with van der Waals surface area (Å²) in [7, 11) is -3.91. The van der Waals surface area contributed by atoms with Crippen LogP contribution in [0.3, 0.4) is 0 Å². The summed E-state index contributed by atoms with van der Waals surface area (Å²) in [6.07, 6.45) is 3.13. The average Bonchev–Trinajstić information content (AvgIpc) is 2.59. The molecule has 2 unspecified atom stereocenters. The van der Waals surface area contributed by atoms with Gasteiger partial charge in [0.25, 0.3) is 0 Å². The van der Waals surface area contributed by atoms with E-state index in [4.69, 9.17) is 5.73 Å². The summed E-state index contributed by atoms with van der Waals surface area (Å²) >= 11 is 2.95. The van der Waals surface area contributed by atoms with Crippen molar-refractivity contribution in [2.75, 3.05) is 5.73 Å². The SMILES string of the molecule is Nc1cc(F)c(Br)cc1S(=O)(=O)NC1CCCCCC1O. The highest BCUT2D eigenvalue weighted by Gasteiger charge is 2.28. The molecule has 0 aromatic heterocycles. The van der Waals surface area contributed by atoms with Gasteiger partial charge < -0.3 is 10.8 Å². The van der Waals surface area contributed by atoms with Gasteiger partial charge in [-0.15, -0.1) is 0 Å². The number of nitrogens with two attached hydrogens (primary N) is 1. The summed E-state index contributed by atoms with van der Waals surface area (Å²) < 4.78 is 40.6. The first-order chi connectivity index (χ1) is 9.81. The lowest BCUT2D eigenvalue weighted by molar-refractivity contribution is 0.130. The van der Waals surface area contributed by atoms with E-state index in [1.165, 1.54) is 0 Å². The van der Waals surface area contributed by atoms with Crippen LogP contribution < -0.4 is 10.5 Å². The summed E-state index contributed by atoms with van der Waals surface area (Å²) in [5.41, 5.74) is 5.44. The Morgan fingerprint density at radius 1 is 1.29 bits per heavy atom. The van der Waals surface area contributed by atoms with E-state index in [-0.39, 0.29) is 15.1 Å². The molecular weight excluding hydrogens is 363 g/mol. The first kappa shape index (κ1) is 16.7. The van der Waals surface area contributed by atoms with Gasteiger partial charge in [-0.3, -0.25) is 0 Å². The normalized spacial score (nSPS) is 23.8. The molecule has 118 valence electrons. The van der Waals surface area contributed by atoms with E-state index in [2.05, 4.69) is 20.7 Å². The predicted molar refractivity (Wildman–Crippen MR) is 81.7 cm³/mol. The number of halogens is 2. The van der Waals surface area contributed by atoms with Crippen LogP contribution in [0.15, 0.2) is 21.5 Å². The maximum absolute atomic E-state index is 13.3. The van der Waals surface area contributed by atoms with Crippen LogP contribution in [0.1, 0.15) is 32.1 Å². The Balaban J connectivity index is 2.27. The van der Waals surface area contributed by atoms with E-state index in [0.717, 1.165) is 31.4 Å². The molecule has 1 aromatic rings. The predicted octanol–water partition coefficient (Wildman–Crippen LogP) is 2.14. The fourth-order valence-electron chi connectivity index (χ4n) is 2.47. The van der Waals surface area contributed by atoms with Crippen molar-refractivity contribution >= 4 is 31.6 Å². The van der Waals surface area contributed by atoms with Gasteiger partial charge >= 0.3 is 0 Å². The van der Waals surface area contributed by atoms with E-state index >= 15 is 0 Å². The van der Waals surface area contributed by atoms with Crippen molar-refractivity contribution in [2.45, 2.75) is 49.1 Å². The van der Waals surface area contributed by atoms with Gasteiger partial charge in [0, 0.05) is 6.04 Å². The van der Waals surface area contributed by atoms with Gasteiger partial charge in [0.1, 0.15) is 10.7 Å². The summed E-state index contributed by atoms with van der Waals surface area (Å²) in [6, 6.07) is 1.55. The van der Waals surface area contributed by atoms with Crippen LogP contribution in [0.25, 0.3) is 0 Å². The molecule has 0 aliphatic heterocycles. The summed E-state index contributed by atoms with van der Waals surface area (Å²) in [6.45, 7) is 0. The highest BCUT2D eigenvalue weighted by atomic mass is 79.9. The topological polar surface area (TPSA) is 92.4 Å². The second-order valence-electron chi connectivity index (χ2n) is 5.24. The van der Waals surface area contributed by atoms with Gasteiger partial charge in [-0.2, -0.15) is 0 Å². The molecule has 0 radical (unpaired) electrons. The second kappa shape index (κ2) is 6.60. The van der Waals surface area contributed by atoms with Crippen LogP contribution in [0, 0.1) is 5.82 Å². The number of hydrogen-bond acceptors (Lipinski definition) is 4. The molecular formula is C13H18BrFN2O3S. The molecule has 4 N–H and O–H groups in total. The Kier molecular flexibility index (Phi) is 5.24. The lowest BCUT2D eigenvalue weighted by Crippen LogP contribution is -2.42. The van der Waals surface area contributed by atoms with Gasteiger partial charge in [0.05, 0.1) is 16.3 Å². The number of benzene rings is 1. The van der Waals surface area contributed by atoms with Crippen molar-refractivity contribution in [3.63, 3.8) is 0 Å². The van der Waals surface area contributed by atoms with Crippen molar-refractivity contribution in [1.82, 2.24) is 4.72 Å². The molecule has 1 aliphatic carbocycles. The third kappa shape index (κ3) is 3.94. The Morgan fingerprint density at radius 2 is 1.95 bits per heavy atom. The molecule has 0 heterocycles. The Hall–Kier alpha value is -0.700. The third-order valence-corrected chi connectivity index (χ3v) is 5.78. The van der Waals surface area contributed by atoms with Gasteiger partial charge in [0.2, 0.25) is 10.0 Å². The highest BCUT2D eigenvalue weighted by molar-refractivity contribution is 9.10. The summed E-state index contributed by atoms with van der Waals surface area (Å²) in [5, 5.41) is 10.00. The van der Waals surface area contributed by atoms with Crippen LogP contribution in [0.4, 0.5) is 10.1 Å². The largest absolute Gasteiger partial charge is 0.398 e. The zero-order valence-electron chi connectivity index (χ0n) is 11.4. The molecule has 2 rings (SSSR count). The minimum absolute atomic E-state index is 0.0264. The quantitative estimate of drug-likeness (QED) is 0.553. The van der Waals surface area contributed by atoms with Crippen LogP contribution in [0.2, 0.25) is 0 Å². The smallest absolute Gasteiger partial charge is 0.242 e. The van der Waals surface area contributed by atoms with Crippen LogP contribution >= 0.6 is 15.9 Å². The summed E-state index contributed by atoms with van der Waals surface area (Å²) in [4.78, 5) is -0.188. The molecule has 0 bridgehead atoms. The van der Waals surface area contributed by atoms with Gasteiger partial charge in [-0.05, 0) is 40.9 Å². The van der Waals surface area contributed by atoms with Crippen molar-refractivity contribution in [3.8, 4) is 0 Å². The number of rotatable bonds is 3. The number of anilines is 1. The van der Waals surface area contributed by atoms with Crippen molar-refractivity contribution in [1.29, 1.82) is 0 Å². The Bertz CT molecular complexity index is 624. The molecule has 1 fully saturated rings. The Labute approximate surface area is 131 Å². The van der Waals surface area contributed by atoms with Crippen LogP contribution in [-0.4, -0.2) is 25.7 Å². The summed E-state index contributed by atoms with van der Waals surface area (Å²) in [5.74, 6) is -0.624. The molecule has 0 amide bonds.